The zero-order valence-corrected chi connectivity index (χ0v) is 19.5. The smallest absolute Gasteiger partial charge is 0.289 e. The lowest BCUT2D eigenvalue weighted by molar-refractivity contribution is -0.136. The third-order valence-corrected chi connectivity index (χ3v) is 9.07. The molecule has 1 heterocycles. The number of rotatable bonds is 4. The monoisotopic (exact) mass is 508 g/mol. The van der Waals surface area contributed by atoms with Crippen LogP contribution in [-0.4, -0.2) is 43.3 Å². The number of hydrogen-bond donors (Lipinski definition) is 1. The molecule has 2 aliphatic carbocycles. The van der Waals surface area contributed by atoms with Gasteiger partial charge in [-0.05, 0) is 78.5 Å². The first-order valence-corrected chi connectivity index (χ1v) is 12.8. The van der Waals surface area contributed by atoms with E-state index in [1.54, 1.807) is 30.3 Å². The molecule has 2 aromatic carbocycles. The van der Waals surface area contributed by atoms with E-state index in [1.165, 1.54) is 18.2 Å². The molecule has 1 saturated heterocycles. The molecular formula is C25H24F4N2O3S. The quantitative estimate of drug-likeness (QED) is 0.381. The Hall–Kier alpha value is -2.56. The molecule has 2 bridgehead atoms. The summed E-state index contributed by atoms with van der Waals surface area (Å²) in [5.41, 5.74) is 2.12. The van der Waals surface area contributed by atoms with Crippen LogP contribution in [0.1, 0.15) is 39.9 Å². The Bertz CT molecular complexity index is 1290. The number of fused-ring (bicyclic) bond motifs is 1. The highest BCUT2D eigenvalue weighted by Crippen LogP contribution is 2.50. The second kappa shape index (κ2) is 8.53. The summed E-state index contributed by atoms with van der Waals surface area (Å²) in [7, 11) is -4.24. The molecule has 10 heteroatoms. The summed E-state index contributed by atoms with van der Waals surface area (Å²) < 4.78 is 80.5. The molecule has 0 aromatic heterocycles. The van der Waals surface area contributed by atoms with Gasteiger partial charge in [-0.1, -0.05) is 30.3 Å². The highest BCUT2D eigenvalue weighted by atomic mass is 32.2. The topological polar surface area (TPSA) is 66.5 Å². The third kappa shape index (κ3) is 4.66. The van der Waals surface area contributed by atoms with Crippen LogP contribution >= 0.6 is 0 Å². The molecule has 0 unspecified atom stereocenters. The summed E-state index contributed by atoms with van der Waals surface area (Å²) in [5.74, 6) is -0.875. The Labute approximate surface area is 201 Å². The minimum atomic E-state index is -4.62. The number of carbonyl (C=O) groups excluding carboxylic acids is 1. The lowest BCUT2D eigenvalue weighted by Gasteiger charge is -2.33. The van der Waals surface area contributed by atoms with Crippen LogP contribution in [0.5, 0.6) is 0 Å². The SMILES string of the molecule is O=C(/C=C/c1ccc(F)cc1)c1ccc2c(c1)C[C@@H]1CC[C@H](C2)[C@]12CN(CC(F)(F)F)S(=O)(=O)N2. The highest BCUT2D eigenvalue weighted by molar-refractivity contribution is 7.87. The van der Waals surface area contributed by atoms with Crippen LogP contribution in [0.4, 0.5) is 17.6 Å². The zero-order valence-electron chi connectivity index (χ0n) is 18.7. The van der Waals surface area contributed by atoms with Crippen molar-refractivity contribution in [1.82, 2.24) is 9.03 Å². The lowest BCUT2D eigenvalue weighted by atomic mass is 9.79. The van der Waals surface area contributed by atoms with E-state index in [0.29, 0.717) is 34.7 Å². The fraction of sp³-hybridized carbons (Fsp3) is 0.400. The average molecular weight is 509 g/mol. The number of benzene rings is 2. The molecule has 0 amide bonds. The van der Waals surface area contributed by atoms with Gasteiger partial charge in [0.2, 0.25) is 0 Å². The Balaban J connectivity index is 1.38. The second-order valence-electron chi connectivity index (χ2n) is 9.64. The summed E-state index contributed by atoms with van der Waals surface area (Å²) in [6.45, 7) is -1.71. The molecule has 1 spiro atoms. The minimum Gasteiger partial charge on any atom is -0.289 e. The molecule has 35 heavy (non-hydrogen) atoms. The Morgan fingerprint density at radius 3 is 2.37 bits per heavy atom. The first-order valence-electron chi connectivity index (χ1n) is 11.4. The van der Waals surface area contributed by atoms with Gasteiger partial charge in [0, 0.05) is 12.1 Å². The van der Waals surface area contributed by atoms with Gasteiger partial charge in [-0.3, -0.25) is 4.79 Å². The van der Waals surface area contributed by atoms with Crippen LogP contribution in [0.25, 0.3) is 6.08 Å². The molecular weight excluding hydrogens is 484 g/mol. The van der Waals surface area contributed by atoms with Crippen molar-refractivity contribution >= 4 is 22.1 Å². The number of ketones is 1. The maximum Gasteiger partial charge on any atom is 0.402 e. The average Bonchev–Trinajstić information content (AvgIpc) is 3.16. The van der Waals surface area contributed by atoms with E-state index >= 15 is 0 Å². The van der Waals surface area contributed by atoms with Crippen molar-refractivity contribution in [2.45, 2.75) is 37.4 Å². The van der Waals surface area contributed by atoms with E-state index in [0.717, 1.165) is 17.5 Å². The van der Waals surface area contributed by atoms with E-state index in [1.807, 2.05) is 6.07 Å². The van der Waals surface area contributed by atoms with E-state index in [9.17, 15) is 30.8 Å². The maximum atomic E-state index is 13.1. The van der Waals surface area contributed by atoms with Gasteiger partial charge in [-0.2, -0.15) is 30.6 Å². The van der Waals surface area contributed by atoms with Crippen LogP contribution in [0, 0.1) is 17.7 Å². The molecule has 3 atom stereocenters. The van der Waals surface area contributed by atoms with Gasteiger partial charge in [0.25, 0.3) is 10.2 Å². The molecule has 3 aliphatic rings. The number of halogens is 4. The van der Waals surface area contributed by atoms with E-state index in [2.05, 4.69) is 4.72 Å². The van der Waals surface area contributed by atoms with Crippen molar-refractivity contribution in [2.24, 2.45) is 11.8 Å². The Kier molecular flexibility index (Phi) is 5.89. The predicted octanol–water partition coefficient (Wildman–Crippen LogP) is 4.30. The third-order valence-electron chi connectivity index (χ3n) is 7.49. The van der Waals surface area contributed by atoms with Gasteiger partial charge in [0.05, 0.1) is 5.54 Å². The van der Waals surface area contributed by atoms with Crippen LogP contribution in [-0.2, 0) is 23.1 Å². The molecule has 5 nitrogen and oxygen atoms in total. The Morgan fingerprint density at radius 1 is 1.06 bits per heavy atom. The fourth-order valence-electron chi connectivity index (χ4n) is 5.84. The molecule has 2 fully saturated rings. The van der Waals surface area contributed by atoms with E-state index in [-0.39, 0.29) is 30.0 Å². The van der Waals surface area contributed by atoms with Gasteiger partial charge in [0.1, 0.15) is 12.4 Å². The molecule has 1 N–H and O–H groups in total. The van der Waals surface area contributed by atoms with Gasteiger partial charge in [-0.25, -0.2) is 4.39 Å². The standard InChI is InChI=1S/C25H24F4N2O3S/c26-22-8-1-16(2-9-22)3-10-23(32)18-5-4-17-12-20-6-7-21(13-19(17)11-18)24(20)14-31(15-25(27,28)29)35(33,34)30-24/h1-5,8-11,20-21,30H,6-7,12-15H2/b10-3+/t20-,21+,24-/m1/s1. The number of nitrogens with zero attached hydrogens (tertiary/aromatic N) is 1. The van der Waals surface area contributed by atoms with Crippen molar-refractivity contribution in [2.75, 3.05) is 13.1 Å². The number of hydrogen-bond acceptors (Lipinski definition) is 3. The van der Waals surface area contributed by atoms with Crippen molar-refractivity contribution in [3.63, 3.8) is 0 Å². The summed E-state index contributed by atoms with van der Waals surface area (Å²) in [6, 6.07) is 11.1. The second-order valence-corrected chi connectivity index (χ2v) is 11.3. The van der Waals surface area contributed by atoms with Gasteiger partial charge < -0.3 is 0 Å². The molecule has 0 radical (unpaired) electrons. The van der Waals surface area contributed by atoms with Crippen LogP contribution in [0.2, 0.25) is 0 Å². The van der Waals surface area contributed by atoms with Crippen LogP contribution < -0.4 is 4.72 Å². The van der Waals surface area contributed by atoms with E-state index < -0.39 is 28.5 Å². The molecule has 1 aliphatic heterocycles. The summed E-state index contributed by atoms with van der Waals surface area (Å²) in [6.07, 6.45) is 0.851. The lowest BCUT2D eigenvalue weighted by Crippen LogP contribution is -2.52. The number of nitrogens with one attached hydrogen (secondary N) is 1. The first-order chi connectivity index (χ1) is 16.5. The summed E-state index contributed by atoms with van der Waals surface area (Å²) >= 11 is 0. The minimum absolute atomic E-state index is 0.123. The maximum absolute atomic E-state index is 13.1. The first kappa shape index (κ1) is 24.1. The van der Waals surface area contributed by atoms with Crippen LogP contribution in [0.15, 0.2) is 48.5 Å². The van der Waals surface area contributed by atoms with Crippen molar-refractivity contribution < 1.29 is 30.8 Å². The molecule has 1 saturated carbocycles. The van der Waals surface area contributed by atoms with Gasteiger partial charge >= 0.3 is 6.18 Å². The molecule has 186 valence electrons. The fourth-order valence-corrected chi connectivity index (χ4v) is 7.55. The van der Waals surface area contributed by atoms with Crippen molar-refractivity contribution in [3.05, 3.63) is 76.6 Å². The molecule has 5 rings (SSSR count). The Morgan fingerprint density at radius 2 is 1.71 bits per heavy atom. The van der Waals surface area contributed by atoms with Crippen molar-refractivity contribution in [3.8, 4) is 0 Å². The number of carbonyl (C=O) groups is 1. The van der Waals surface area contributed by atoms with E-state index in [4.69, 9.17) is 0 Å². The van der Waals surface area contributed by atoms with Gasteiger partial charge in [-0.15, -0.1) is 0 Å². The highest BCUT2D eigenvalue weighted by Gasteiger charge is 2.60. The van der Waals surface area contributed by atoms with Crippen LogP contribution in [0.3, 0.4) is 0 Å². The normalized spacial score (nSPS) is 27.9. The zero-order chi connectivity index (χ0) is 25.0. The summed E-state index contributed by atoms with van der Waals surface area (Å²) in [4.78, 5) is 12.8. The predicted molar refractivity (Wildman–Crippen MR) is 122 cm³/mol. The largest absolute Gasteiger partial charge is 0.402 e. The number of alkyl halides is 3. The molecule has 2 aromatic rings. The van der Waals surface area contributed by atoms with Gasteiger partial charge in [0.15, 0.2) is 5.78 Å². The number of allylic oxidation sites excluding steroid dienone is 1. The summed E-state index contributed by atoms with van der Waals surface area (Å²) in [5, 5.41) is 0. The van der Waals surface area contributed by atoms with Crippen molar-refractivity contribution in [1.29, 1.82) is 0 Å².